The van der Waals surface area contributed by atoms with Crippen LogP contribution in [0.2, 0.25) is 0 Å². The van der Waals surface area contributed by atoms with Crippen LogP contribution in [-0.4, -0.2) is 9.97 Å². The van der Waals surface area contributed by atoms with Crippen LogP contribution < -0.4 is 5.73 Å². The highest BCUT2D eigenvalue weighted by atomic mass is 32.1. The van der Waals surface area contributed by atoms with E-state index in [2.05, 4.69) is 4.98 Å². The molecule has 0 saturated carbocycles. The Morgan fingerprint density at radius 3 is 2.86 bits per heavy atom. The highest BCUT2D eigenvalue weighted by Crippen LogP contribution is 2.16. The number of hydrogen-bond donors (Lipinski definition) is 1. The number of para-hydroxylation sites is 1. The number of nitrogens with two attached hydrogens (primary N) is 1. The fraction of sp³-hybridized carbons (Fsp3) is 0.0909. The number of nitrogens with zero attached hydrogens (tertiary/aromatic N) is 1. The van der Waals surface area contributed by atoms with Gasteiger partial charge in [-0.3, -0.25) is 4.98 Å². The molecule has 2 aromatic rings. The van der Waals surface area contributed by atoms with Gasteiger partial charge in [0.1, 0.15) is 0 Å². The zero-order chi connectivity index (χ0) is 9.97. The van der Waals surface area contributed by atoms with E-state index < -0.39 is 0 Å². The van der Waals surface area contributed by atoms with Crippen molar-refractivity contribution in [1.29, 1.82) is 0 Å². The lowest BCUT2D eigenvalue weighted by atomic mass is 10.1. The Balaban J connectivity index is 2.59. The topological polar surface area (TPSA) is 38.9 Å². The number of rotatable bonds is 2. The smallest absolute Gasteiger partial charge is 0.0772 e. The summed E-state index contributed by atoms with van der Waals surface area (Å²) >= 11 is 4.90. The Labute approximate surface area is 87.8 Å². The van der Waals surface area contributed by atoms with Gasteiger partial charge in [-0.15, -0.1) is 0 Å². The van der Waals surface area contributed by atoms with Gasteiger partial charge in [0.15, 0.2) is 0 Å². The van der Waals surface area contributed by atoms with Gasteiger partial charge in [-0.1, -0.05) is 30.4 Å². The molecule has 0 amide bonds. The van der Waals surface area contributed by atoms with Gasteiger partial charge in [-0.25, -0.2) is 0 Å². The number of aromatic nitrogens is 1. The van der Waals surface area contributed by atoms with E-state index in [1.54, 1.807) is 6.20 Å². The lowest BCUT2D eigenvalue weighted by Crippen LogP contribution is -2.11. The van der Waals surface area contributed by atoms with Crippen molar-refractivity contribution >= 4 is 28.1 Å². The van der Waals surface area contributed by atoms with Gasteiger partial charge in [0, 0.05) is 18.0 Å². The standard InChI is InChI=1S/C11H10N2S/c12-11(14)7-8-5-6-13-10-4-2-1-3-9(8)10/h1-6H,7H2,(H2,12,14). The predicted octanol–water partition coefficient (Wildman–Crippen LogP) is 2.06. The number of fused-ring (bicyclic) bond motifs is 1. The van der Waals surface area contributed by atoms with Gasteiger partial charge in [0.25, 0.3) is 0 Å². The summed E-state index contributed by atoms with van der Waals surface area (Å²) in [7, 11) is 0. The number of hydrogen-bond acceptors (Lipinski definition) is 2. The Morgan fingerprint density at radius 2 is 2.07 bits per heavy atom. The molecule has 0 bridgehead atoms. The van der Waals surface area contributed by atoms with E-state index >= 15 is 0 Å². The molecule has 0 spiro atoms. The molecule has 2 nitrogen and oxygen atoms in total. The highest BCUT2D eigenvalue weighted by Gasteiger charge is 2.01. The van der Waals surface area contributed by atoms with Crippen LogP contribution in [0, 0.1) is 0 Å². The van der Waals surface area contributed by atoms with Gasteiger partial charge < -0.3 is 5.73 Å². The Bertz CT molecular complexity index is 474. The second-order valence-electron chi connectivity index (χ2n) is 3.13. The maximum Gasteiger partial charge on any atom is 0.0772 e. The van der Waals surface area contributed by atoms with Crippen molar-refractivity contribution in [1.82, 2.24) is 4.98 Å². The first kappa shape index (κ1) is 9.09. The average Bonchev–Trinajstić information content (AvgIpc) is 2.18. The molecule has 0 unspecified atom stereocenters. The minimum absolute atomic E-state index is 0.515. The molecule has 0 aliphatic rings. The molecule has 0 radical (unpaired) electrons. The molecule has 0 aliphatic heterocycles. The quantitative estimate of drug-likeness (QED) is 0.758. The van der Waals surface area contributed by atoms with Crippen LogP contribution in [0.25, 0.3) is 10.9 Å². The zero-order valence-corrected chi connectivity index (χ0v) is 8.42. The molecule has 1 heterocycles. The van der Waals surface area contributed by atoms with Gasteiger partial charge in [-0.05, 0) is 17.7 Å². The van der Waals surface area contributed by atoms with E-state index in [0.29, 0.717) is 11.4 Å². The van der Waals surface area contributed by atoms with E-state index in [4.69, 9.17) is 18.0 Å². The minimum Gasteiger partial charge on any atom is -0.393 e. The minimum atomic E-state index is 0.515. The third-order valence-electron chi connectivity index (χ3n) is 2.10. The van der Waals surface area contributed by atoms with E-state index in [0.717, 1.165) is 16.5 Å². The van der Waals surface area contributed by atoms with Crippen molar-refractivity contribution in [3.05, 3.63) is 42.1 Å². The normalized spacial score (nSPS) is 10.3. The van der Waals surface area contributed by atoms with Crippen LogP contribution in [-0.2, 0) is 6.42 Å². The summed E-state index contributed by atoms with van der Waals surface area (Å²) in [6, 6.07) is 9.95. The van der Waals surface area contributed by atoms with Gasteiger partial charge in [0.2, 0.25) is 0 Å². The van der Waals surface area contributed by atoms with Gasteiger partial charge in [0.05, 0.1) is 10.5 Å². The fourth-order valence-electron chi connectivity index (χ4n) is 1.50. The molecule has 0 fully saturated rings. The lowest BCUT2D eigenvalue weighted by molar-refractivity contribution is 1.31. The summed E-state index contributed by atoms with van der Waals surface area (Å²) in [6.45, 7) is 0. The first-order valence-corrected chi connectivity index (χ1v) is 4.79. The summed E-state index contributed by atoms with van der Waals surface area (Å²) in [4.78, 5) is 4.78. The first-order chi connectivity index (χ1) is 6.77. The van der Waals surface area contributed by atoms with Crippen molar-refractivity contribution < 1.29 is 0 Å². The third-order valence-corrected chi connectivity index (χ3v) is 2.25. The van der Waals surface area contributed by atoms with Crippen LogP contribution in [0.1, 0.15) is 5.56 Å². The molecule has 1 aromatic heterocycles. The largest absolute Gasteiger partial charge is 0.393 e. The molecule has 2 N–H and O–H groups in total. The lowest BCUT2D eigenvalue weighted by Gasteiger charge is -2.03. The zero-order valence-electron chi connectivity index (χ0n) is 7.60. The fourth-order valence-corrected chi connectivity index (χ4v) is 1.65. The maximum atomic E-state index is 5.53. The van der Waals surface area contributed by atoms with E-state index in [-0.39, 0.29) is 0 Å². The number of benzene rings is 1. The van der Waals surface area contributed by atoms with Crippen molar-refractivity contribution in [3.63, 3.8) is 0 Å². The molecule has 1 aromatic carbocycles. The molecular weight excluding hydrogens is 192 g/mol. The van der Waals surface area contributed by atoms with Crippen LogP contribution >= 0.6 is 12.2 Å². The monoisotopic (exact) mass is 202 g/mol. The second-order valence-corrected chi connectivity index (χ2v) is 3.65. The molecule has 2 rings (SSSR count). The predicted molar refractivity (Wildman–Crippen MR) is 62.2 cm³/mol. The SMILES string of the molecule is NC(=S)Cc1ccnc2ccccc12. The van der Waals surface area contributed by atoms with Crippen molar-refractivity contribution in [2.24, 2.45) is 5.73 Å². The van der Waals surface area contributed by atoms with Crippen molar-refractivity contribution in [2.45, 2.75) is 6.42 Å². The highest BCUT2D eigenvalue weighted by molar-refractivity contribution is 7.80. The number of thiocarbonyl (C=S) groups is 1. The molecular formula is C11H10N2S. The molecule has 3 heteroatoms. The van der Waals surface area contributed by atoms with E-state index in [1.165, 1.54) is 0 Å². The Hall–Kier alpha value is -1.48. The van der Waals surface area contributed by atoms with Crippen LogP contribution in [0.15, 0.2) is 36.5 Å². The van der Waals surface area contributed by atoms with Crippen LogP contribution in [0.3, 0.4) is 0 Å². The maximum absolute atomic E-state index is 5.53. The van der Waals surface area contributed by atoms with Crippen molar-refractivity contribution in [2.75, 3.05) is 0 Å². The van der Waals surface area contributed by atoms with Crippen LogP contribution in [0.5, 0.6) is 0 Å². The van der Waals surface area contributed by atoms with E-state index in [9.17, 15) is 0 Å². The Kier molecular flexibility index (Phi) is 2.41. The summed E-state index contributed by atoms with van der Waals surface area (Å²) in [6.07, 6.45) is 2.42. The summed E-state index contributed by atoms with van der Waals surface area (Å²) in [5.41, 5.74) is 7.66. The number of pyridine rings is 1. The van der Waals surface area contributed by atoms with Gasteiger partial charge >= 0.3 is 0 Å². The second kappa shape index (κ2) is 3.72. The molecule has 0 atom stereocenters. The van der Waals surface area contributed by atoms with Crippen molar-refractivity contribution in [3.8, 4) is 0 Å². The summed E-state index contributed by atoms with van der Waals surface area (Å²) in [5, 5.41) is 1.13. The molecule has 0 saturated heterocycles. The summed E-state index contributed by atoms with van der Waals surface area (Å²) < 4.78 is 0. The van der Waals surface area contributed by atoms with Gasteiger partial charge in [-0.2, -0.15) is 0 Å². The Morgan fingerprint density at radius 1 is 1.29 bits per heavy atom. The molecule has 14 heavy (non-hydrogen) atoms. The first-order valence-electron chi connectivity index (χ1n) is 4.38. The third kappa shape index (κ3) is 1.72. The average molecular weight is 202 g/mol. The molecule has 0 aliphatic carbocycles. The molecule has 70 valence electrons. The summed E-state index contributed by atoms with van der Waals surface area (Å²) in [5.74, 6) is 0. The van der Waals surface area contributed by atoms with Crippen LogP contribution in [0.4, 0.5) is 0 Å². The van der Waals surface area contributed by atoms with E-state index in [1.807, 2.05) is 30.3 Å².